The molecular formula is C20H20FN5O. The first kappa shape index (κ1) is 17.2. The second-order valence-corrected chi connectivity index (χ2v) is 7.24. The SMILES string of the molecule is Cc1ccnc(Nc2c(-c3ccc(F)cc3)nc3n2CC(=O)NC3(C)C)c1. The van der Waals surface area contributed by atoms with Crippen LogP contribution in [-0.2, 0) is 16.9 Å². The lowest BCUT2D eigenvalue weighted by Gasteiger charge is -2.31. The molecule has 7 heteroatoms. The second-order valence-electron chi connectivity index (χ2n) is 7.24. The molecule has 0 atom stereocenters. The van der Waals surface area contributed by atoms with Crippen molar-refractivity contribution in [3.63, 3.8) is 0 Å². The molecule has 2 aromatic heterocycles. The molecule has 0 bridgehead atoms. The number of benzene rings is 1. The molecule has 2 N–H and O–H groups in total. The number of nitrogens with one attached hydrogen (secondary N) is 2. The van der Waals surface area contributed by atoms with E-state index in [4.69, 9.17) is 4.98 Å². The second kappa shape index (κ2) is 6.19. The first-order valence-corrected chi connectivity index (χ1v) is 8.71. The number of hydrogen-bond donors (Lipinski definition) is 2. The highest BCUT2D eigenvalue weighted by molar-refractivity contribution is 5.82. The summed E-state index contributed by atoms with van der Waals surface area (Å²) >= 11 is 0. The maximum absolute atomic E-state index is 13.4. The fraction of sp³-hybridized carbons (Fsp3) is 0.250. The fourth-order valence-corrected chi connectivity index (χ4v) is 3.33. The van der Waals surface area contributed by atoms with Gasteiger partial charge in [0.25, 0.3) is 0 Å². The van der Waals surface area contributed by atoms with Gasteiger partial charge in [-0.2, -0.15) is 0 Å². The number of imidazole rings is 1. The minimum Gasteiger partial charge on any atom is -0.342 e. The van der Waals surface area contributed by atoms with Gasteiger partial charge in [-0.1, -0.05) is 0 Å². The number of rotatable bonds is 3. The minimum atomic E-state index is -0.621. The van der Waals surface area contributed by atoms with Crippen molar-refractivity contribution in [1.29, 1.82) is 0 Å². The number of halogens is 1. The molecule has 0 spiro atoms. The topological polar surface area (TPSA) is 71.8 Å². The van der Waals surface area contributed by atoms with Crippen LogP contribution < -0.4 is 10.6 Å². The summed E-state index contributed by atoms with van der Waals surface area (Å²) in [5, 5.41) is 6.27. The summed E-state index contributed by atoms with van der Waals surface area (Å²) in [6.07, 6.45) is 1.72. The van der Waals surface area contributed by atoms with Gasteiger partial charge in [0, 0.05) is 11.8 Å². The zero-order valence-electron chi connectivity index (χ0n) is 15.4. The Hall–Kier alpha value is -3.22. The van der Waals surface area contributed by atoms with Gasteiger partial charge in [-0.3, -0.25) is 4.79 Å². The Morgan fingerprint density at radius 1 is 1.22 bits per heavy atom. The maximum atomic E-state index is 13.4. The van der Waals surface area contributed by atoms with Crippen LogP contribution in [-0.4, -0.2) is 20.4 Å². The lowest BCUT2D eigenvalue weighted by Crippen LogP contribution is -2.49. The minimum absolute atomic E-state index is 0.0872. The van der Waals surface area contributed by atoms with E-state index in [9.17, 15) is 9.18 Å². The molecule has 6 nitrogen and oxygen atoms in total. The van der Waals surface area contributed by atoms with Crippen molar-refractivity contribution in [3.05, 3.63) is 59.8 Å². The van der Waals surface area contributed by atoms with Gasteiger partial charge in [-0.05, 0) is 62.7 Å². The third kappa shape index (κ3) is 3.16. The van der Waals surface area contributed by atoms with E-state index in [-0.39, 0.29) is 18.3 Å². The maximum Gasteiger partial charge on any atom is 0.240 e. The molecule has 0 fully saturated rings. The number of anilines is 2. The standard InChI is InChI=1S/C20H20FN5O/c1-12-8-9-22-15(10-12)23-18-17(13-4-6-14(21)7-5-13)24-19-20(2,3)25-16(27)11-26(18)19/h4-10H,11H2,1-3H3,(H,22,23)(H,25,27). The van der Waals surface area contributed by atoms with Gasteiger partial charge in [-0.25, -0.2) is 14.4 Å². The number of carbonyl (C=O) groups is 1. The van der Waals surface area contributed by atoms with Gasteiger partial charge >= 0.3 is 0 Å². The zero-order valence-corrected chi connectivity index (χ0v) is 15.4. The summed E-state index contributed by atoms with van der Waals surface area (Å²) < 4.78 is 15.3. The Morgan fingerprint density at radius 3 is 2.67 bits per heavy atom. The molecule has 3 aromatic rings. The van der Waals surface area contributed by atoms with Gasteiger partial charge in [0.15, 0.2) is 0 Å². The first-order valence-electron chi connectivity index (χ1n) is 8.71. The van der Waals surface area contributed by atoms with Crippen molar-refractivity contribution in [2.75, 3.05) is 5.32 Å². The largest absolute Gasteiger partial charge is 0.342 e. The molecule has 3 heterocycles. The Balaban J connectivity index is 1.90. The lowest BCUT2D eigenvalue weighted by molar-refractivity contribution is -0.124. The number of aromatic nitrogens is 3. The van der Waals surface area contributed by atoms with Crippen LogP contribution in [0.2, 0.25) is 0 Å². The van der Waals surface area contributed by atoms with E-state index in [0.717, 1.165) is 17.0 Å². The Morgan fingerprint density at radius 2 is 1.96 bits per heavy atom. The third-order valence-corrected chi connectivity index (χ3v) is 4.56. The molecule has 0 unspecified atom stereocenters. The van der Waals surface area contributed by atoms with E-state index >= 15 is 0 Å². The first-order chi connectivity index (χ1) is 12.8. The van der Waals surface area contributed by atoms with Gasteiger partial charge in [0.05, 0.1) is 5.54 Å². The van der Waals surface area contributed by atoms with Crippen LogP contribution in [0.4, 0.5) is 16.0 Å². The number of carbonyl (C=O) groups excluding carboxylic acids is 1. The van der Waals surface area contributed by atoms with Crippen molar-refractivity contribution in [2.45, 2.75) is 32.9 Å². The summed E-state index contributed by atoms with van der Waals surface area (Å²) in [6.45, 7) is 5.95. The van der Waals surface area contributed by atoms with Gasteiger partial charge in [0.1, 0.15) is 35.5 Å². The van der Waals surface area contributed by atoms with Crippen LogP contribution in [0, 0.1) is 12.7 Å². The monoisotopic (exact) mass is 365 g/mol. The molecule has 138 valence electrons. The van der Waals surface area contributed by atoms with Crippen LogP contribution in [0.5, 0.6) is 0 Å². The summed E-state index contributed by atoms with van der Waals surface area (Å²) in [7, 11) is 0. The summed E-state index contributed by atoms with van der Waals surface area (Å²) in [5.74, 6) is 1.66. The highest BCUT2D eigenvalue weighted by atomic mass is 19.1. The van der Waals surface area contributed by atoms with Crippen LogP contribution in [0.1, 0.15) is 25.2 Å². The molecule has 0 saturated heterocycles. The molecular weight excluding hydrogens is 345 g/mol. The third-order valence-electron chi connectivity index (χ3n) is 4.56. The molecule has 0 aliphatic carbocycles. The molecule has 0 saturated carbocycles. The molecule has 1 amide bonds. The Bertz CT molecular complexity index is 1020. The van der Waals surface area contributed by atoms with E-state index < -0.39 is 5.54 Å². The molecule has 1 aliphatic rings. The van der Waals surface area contributed by atoms with Gasteiger partial charge in [-0.15, -0.1) is 0 Å². The van der Waals surface area contributed by atoms with Crippen molar-refractivity contribution in [2.24, 2.45) is 0 Å². The van der Waals surface area contributed by atoms with E-state index in [0.29, 0.717) is 17.3 Å². The van der Waals surface area contributed by atoms with E-state index in [1.165, 1.54) is 12.1 Å². The van der Waals surface area contributed by atoms with E-state index in [1.807, 2.05) is 37.5 Å². The van der Waals surface area contributed by atoms with Crippen LogP contribution in [0.25, 0.3) is 11.3 Å². The average Bonchev–Trinajstić information content (AvgIpc) is 2.94. The van der Waals surface area contributed by atoms with Crippen LogP contribution >= 0.6 is 0 Å². The predicted molar refractivity (Wildman–Crippen MR) is 101 cm³/mol. The van der Waals surface area contributed by atoms with E-state index in [2.05, 4.69) is 15.6 Å². The molecule has 27 heavy (non-hydrogen) atoms. The van der Waals surface area contributed by atoms with Crippen molar-refractivity contribution >= 4 is 17.5 Å². The summed E-state index contributed by atoms with van der Waals surface area (Å²) in [5.41, 5.74) is 1.85. The van der Waals surface area contributed by atoms with Crippen LogP contribution in [0.15, 0.2) is 42.6 Å². The van der Waals surface area contributed by atoms with Crippen molar-refractivity contribution in [1.82, 2.24) is 19.9 Å². The average molecular weight is 365 g/mol. The predicted octanol–water partition coefficient (Wildman–Crippen LogP) is 3.50. The Kier molecular flexibility index (Phi) is 3.95. The van der Waals surface area contributed by atoms with Crippen molar-refractivity contribution < 1.29 is 9.18 Å². The normalized spacial score (nSPS) is 15.2. The number of pyridine rings is 1. The number of hydrogen-bond acceptors (Lipinski definition) is 4. The zero-order chi connectivity index (χ0) is 19.2. The Labute approximate surface area is 156 Å². The molecule has 1 aromatic carbocycles. The lowest BCUT2D eigenvalue weighted by atomic mass is 10.0. The molecule has 1 aliphatic heterocycles. The van der Waals surface area contributed by atoms with E-state index in [1.54, 1.807) is 18.3 Å². The number of aryl methyl sites for hydroxylation is 1. The number of amides is 1. The van der Waals surface area contributed by atoms with Crippen LogP contribution in [0.3, 0.4) is 0 Å². The van der Waals surface area contributed by atoms with Crippen molar-refractivity contribution in [3.8, 4) is 11.3 Å². The number of fused-ring (bicyclic) bond motifs is 1. The summed E-state index contributed by atoms with van der Waals surface area (Å²) in [6, 6.07) is 9.99. The number of nitrogens with zero attached hydrogens (tertiary/aromatic N) is 3. The fourth-order valence-electron chi connectivity index (χ4n) is 3.33. The molecule has 0 radical (unpaired) electrons. The quantitative estimate of drug-likeness (QED) is 0.745. The van der Waals surface area contributed by atoms with Gasteiger partial charge in [0.2, 0.25) is 5.91 Å². The van der Waals surface area contributed by atoms with Gasteiger partial charge < -0.3 is 15.2 Å². The highest BCUT2D eigenvalue weighted by Gasteiger charge is 2.36. The highest BCUT2D eigenvalue weighted by Crippen LogP contribution is 2.36. The summed E-state index contributed by atoms with van der Waals surface area (Å²) in [4.78, 5) is 21.4. The molecule has 4 rings (SSSR count). The smallest absolute Gasteiger partial charge is 0.240 e.